The van der Waals surface area contributed by atoms with Crippen molar-refractivity contribution in [2.24, 2.45) is 0 Å². The quantitative estimate of drug-likeness (QED) is 0.816. The first-order chi connectivity index (χ1) is 7.49. The molecule has 0 aromatic heterocycles. The number of halogens is 2. The SMILES string of the molecule is O=C(O)CC(=O)NCc1ccc(Cl)c(Cl)c1. The second-order valence-corrected chi connectivity index (χ2v) is 3.91. The molecule has 0 spiro atoms. The van der Waals surface area contributed by atoms with E-state index in [0.717, 1.165) is 5.56 Å². The first kappa shape index (κ1) is 12.8. The van der Waals surface area contributed by atoms with Crippen LogP contribution in [0, 0.1) is 0 Å². The Bertz CT molecular complexity index is 421. The molecule has 1 amide bonds. The highest BCUT2D eigenvalue weighted by Crippen LogP contribution is 2.22. The number of hydrogen-bond acceptors (Lipinski definition) is 2. The van der Waals surface area contributed by atoms with Gasteiger partial charge in [0.25, 0.3) is 0 Å². The molecule has 1 aromatic rings. The number of hydrogen-bond donors (Lipinski definition) is 2. The van der Waals surface area contributed by atoms with Gasteiger partial charge >= 0.3 is 5.97 Å². The number of carbonyl (C=O) groups is 2. The Morgan fingerprint density at radius 1 is 1.25 bits per heavy atom. The van der Waals surface area contributed by atoms with Crippen LogP contribution in [0.1, 0.15) is 12.0 Å². The molecule has 0 fully saturated rings. The van der Waals surface area contributed by atoms with Crippen molar-refractivity contribution in [3.63, 3.8) is 0 Å². The van der Waals surface area contributed by atoms with Crippen LogP contribution in [0.5, 0.6) is 0 Å². The van der Waals surface area contributed by atoms with Crippen molar-refractivity contribution in [3.05, 3.63) is 33.8 Å². The zero-order valence-electron chi connectivity index (χ0n) is 8.17. The second-order valence-electron chi connectivity index (χ2n) is 3.10. The van der Waals surface area contributed by atoms with Gasteiger partial charge in [0.2, 0.25) is 5.91 Å². The van der Waals surface area contributed by atoms with Crippen molar-refractivity contribution >= 4 is 35.1 Å². The molecule has 1 rings (SSSR count). The minimum Gasteiger partial charge on any atom is -0.481 e. The molecule has 0 saturated heterocycles. The van der Waals surface area contributed by atoms with Crippen molar-refractivity contribution in [2.75, 3.05) is 0 Å². The largest absolute Gasteiger partial charge is 0.481 e. The van der Waals surface area contributed by atoms with Crippen LogP contribution in [0.3, 0.4) is 0 Å². The summed E-state index contributed by atoms with van der Waals surface area (Å²) in [7, 11) is 0. The van der Waals surface area contributed by atoms with Gasteiger partial charge in [-0.05, 0) is 17.7 Å². The fourth-order valence-electron chi connectivity index (χ4n) is 1.05. The molecule has 0 radical (unpaired) electrons. The van der Waals surface area contributed by atoms with Crippen molar-refractivity contribution in [1.29, 1.82) is 0 Å². The van der Waals surface area contributed by atoms with Crippen LogP contribution in [-0.4, -0.2) is 17.0 Å². The van der Waals surface area contributed by atoms with Crippen LogP contribution in [0.25, 0.3) is 0 Å². The van der Waals surface area contributed by atoms with Gasteiger partial charge in [-0.2, -0.15) is 0 Å². The third-order valence-corrected chi connectivity index (χ3v) is 2.52. The summed E-state index contributed by atoms with van der Waals surface area (Å²) in [5.74, 6) is -1.70. The van der Waals surface area contributed by atoms with Gasteiger partial charge in [0, 0.05) is 6.54 Å². The van der Waals surface area contributed by atoms with Gasteiger partial charge in [-0.1, -0.05) is 29.3 Å². The third kappa shape index (κ3) is 4.08. The smallest absolute Gasteiger partial charge is 0.312 e. The Kier molecular flexibility index (Phi) is 4.58. The highest BCUT2D eigenvalue weighted by molar-refractivity contribution is 6.42. The minimum absolute atomic E-state index is 0.225. The maximum Gasteiger partial charge on any atom is 0.312 e. The van der Waals surface area contributed by atoms with E-state index in [1.807, 2.05) is 0 Å². The fraction of sp³-hybridized carbons (Fsp3) is 0.200. The second kappa shape index (κ2) is 5.72. The summed E-state index contributed by atoms with van der Waals surface area (Å²) in [5.41, 5.74) is 0.758. The topological polar surface area (TPSA) is 66.4 Å². The van der Waals surface area contributed by atoms with Gasteiger partial charge in [-0.15, -0.1) is 0 Å². The van der Waals surface area contributed by atoms with Crippen LogP contribution < -0.4 is 5.32 Å². The normalized spacial score (nSPS) is 9.88. The molecule has 86 valence electrons. The molecule has 0 heterocycles. The number of rotatable bonds is 4. The lowest BCUT2D eigenvalue weighted by atomic mass is 10.2. The average molecular weight is 262 g/mol. The van der Waals surface area contributed by atoms with Crippen molar-refractivity contribution < 1.29 is 14.7 Å². The zero-order chi connectivity index (χ0) is 12.1. The van der Waals surface area contributed by atoms with Gasteiger partial charge in [0.15, 0.2) is 0 Å². The van der Waals surface area contributed by atoms with E-state index in [-0.39, 0.29) is 6.54 Å². The van der Waals surface area contributed by atoms with E-state index < -0.39 is 18.3 Å². The number of carboxylic acids is 1. The first-order valence-corrected chi connectivity index (χ1v) is 5.17. The van der Waals surface area contributed by atoms with E-state index in [1.54, 1.807) is 18.2 Å². The zero-order valence-corrected chi connectivity index (χ0v) is 9.68. The molecule has 0 saturated carbocycles. The molecule has 6 heteroatoms. The number of carbonyl (C=O) groups excluding carboxylic acids is 1. The summed E-state index contributed by atoms with van der Waals surface area (Å²) in [5, 5.41) is 11.6. The lowest BCUT2D eigenvalue weighted by Gasteiger charge is -2.04. The van der Waals surface area contributed by atoms with Gasteiger partial charge in [-0.3, -0.25) is 9.59 Å². The van der Waals surface area contributed by atoms with Crippen LogP contribution in [0.2, 0.25) is 10.0 Å². The monoisotopic (exact) mass is 261 g/mol. The maximum atomic E-state index is 11.0. The van der Waals surface area contributed by atoms with E-state index in [0.29, 0.717) is 10.0 Å². The number of nitrogens with one attached hydrogen (secondary N) is 1. The molecular weight excluding hydrogens is 253 g/mol. The van der Waals surface area contributed by atoms with Crippen molar-refractivity contribution in [1.82, 2.24) is 5.32 Å². The molecule has 0 atom stereocenters. The summed E-state index contributed by atoms with van der Waals surface area (Å²) in [6, 6.07) is 4.93. The first-order valence-electron chi connectivity index (χ1n) is 4.41. The van der Waals surface area contributed by atoms with E-state index >= 15 is 0 Å². The van der Waals surface area contributed by atoms with Crippen LogP contribution in [-0.2, 0) is 16.1 Å². The molecule has 2 N–H and O–H groups in total. The predicted molar refractivity (Wildman–Crippen MR) is 60.6 cm³/mol. The average Bonchev–Trinajstić information content (AvgIpc) is 2.19. The Labute approximate surface area is 102 Å². The lowest BCUT2D eigenvalue weighted by Crippen LogP contribution is -2.25. The molecule has 16 heavy (non-hydrogen) atoms. The van der Waals surface area contributed by atoms with Crippen LogP contribution >= 0.6 is 23.2 Å². The van der Waals surface area contributed by atoms with Crippen molar-refractivity contribution in [3.8, 4) is 0 Å². The molecule has 0 aliphatic heterocycles. The summed E-state index contributed by atoms with van der Waals surface area (Å²) < 4.78 is 0. The highest BCUT2D eigenvalue weighted by atomic mass is 35.5. The molecule has 0 bridgehead atoms. The summed E-state index contributed by atoms with van der Waals surface area (Å²) in [6.45, 7) is 0.225. The van der Waals surface area contributed by atoms with E-state index in [1.165, 1.54) is 0 Å². The van der Waals surface area contributed by atoms with Gasteiger partial charge in [0.1, 0.15) is 6.42 Å². The predicted octanol–water partition coefficient (Wildman–Crippen LogP) is 2.08. The third-order valence-electron chi connectivity index (χ3n) is 1.79. The Balaban J connectivity index is 2.51. The van der Waals surface area contributed by atoms with E-state index in [9.17, 15) is 9.59 Å². The Morgan fingerprint density at radius 2 is 1.94 bits per heavy atom. The summed E-state index contributed by atoms with van der Waals surface area (Å²) in [6.07, 6.45) is -0.540. The van der Waals surface area contributed by atoms with Crippen LogP contribution in [0.15, 0.2) is 18.2 Å². The maximum absolute atomic E-state index is 11.0. The van der Waals surface area contributed by atoms with Crippen molar-refractivity contribution in [2.45, 2.75) is 13.0 Å². The van der Waals surface area contributed by atoms with E-state index in [4.69, 9.17) is 28.3 Å². The van der Waals surface area contributed by atoms with Gasteiger partial charge in [-0.25, -0.2) is 0 Å². The fourth-order valence-corrected chi connectivity index (χ4v) is 1.37. The Hall–Kier alpha value is -1.26. The molecule has 0 aliphatic carbocycles. The number of carboxylic acid groups (broad SMARTS) is 1. The van der Waals surface area contributed by atoms with E-state index in [2.05, 4.69) is 5.32 Å². The van der Waals surface area contributed by atoms with Gasteiger partial charge in [0.05, 0.1) is 10.0 Å². The Morgan fingerprint density at radius 3 is 2.50 bits per heavy atom. The summed E-state index contributed by atoms with van der Waals surface area (Å²) in [4.78, 5) is 21.2. The van der Waals surface area contributed by atoms with Crippen LogP contribution in [0.4, 0.5) is 0 Å². The molecule has 0 unspecified atom stereocenters. The lowest BCUT2D eigenvalue weighted by molar-refractivity contribution is -0.140. The number of aliphatic carboxylic acids is 1. The molecular formula is C10H9Cl2NO3. The molecule has 4 nitrogen and oxygen atoms in total. The standard InChI is InChI=1S/C10H9Cl2NO3/c11-7-2-1-6(3-8(7)12)5-13-9(14)4-10(15)16/h1-3H,4-5H2,(H,13,14)(H,15,16). The number of amides is 1. The highest BCUT2D eigenvalue weighted by Gasteiger charge is 2.07. The van der Waals surface area contributed by atoms with Gasteiger partial charge < -0.3 is 10.4 Å². The molecule has 1 aromatic carbocycles. The summed E-state index contributed by atoms with van der Waals surface area (Å²) >= 11 is 11.5. The minimum atomic E-state index is -1.16. The number of benzene rings is 1. The molecule has 0 aliphatic rings.